The maximum Gasteiger partial charge on any atom is 0.265 e. The molecule has 0 heterocycles. The van der Waals surface area contributed by atoms with Gasteiger partial charge in [0.25, 0.3) is 5.91 Å². The van der Waals surface area contributed by atoms with Crippen molar-refractivity contribution in [2.24, 2.45) is 0 Å². The molecule has 2 aromatic rings. The second-order valence-electron chi connectivity index (χ2n) is 5.23. The second kappa shape index (κ2) is 7.32. The van der Waals surface area contributed by atoms with Gasteiger partial charge in [0.05, 0.1) is 0 Å². The molecule has 116 valence electrons. The molecule has 0 unspecified atom stereocenters. The van der Waals surface area contributed by atoms with Crippen molar-refractivity contribution >= 4 is 23.2 Å². The molecular formula is C18H20ClNO2. The predicted octanol–water partition coefficient (Wildman–Crippen LogP) is 4.75. The van der Waals surface area contributed by atoms with Crippen LogP contribution in [0.15, 0.2) is 42.5 Å². The first-order valence-corrected chi connectivity index (χ1v) is 7.68. The Bertz CT molecular complexity index is 653. The van der Waals surface area contributed by atoms with Gasteiger partial charge in [-0.25, -0.2) is 0 Å². The molecule has 0 aliphatic carbocycles. The molecule has 3 nitrogen and oxygen atoms in total. The highest BCUT2D eigenvalue weighted by atomic mass is 35.5. The Morgan fingerprint density at radius 2 is 1.86 bits per heavy atom. The van der Waals surface area contributed by atoms with Gasteiger partial charge < -0.3 is 10.1 Å². The van der Waals surface area contributed by atoms with Crippen LogP contribution in [0.25, 0.3) is 0 Å². The summed E-state index contributed by atoms with van der Waals surface area (Å²) in [5.74, 6) is 0.517. The predicted molar refractivity (Wildman–Crippen MR) is 90.7 cm³/mol. The van der Waals surface area contributed by atoms with Crippen molar-refractivity contribution in [3.63, 3.8) is 0 Å². The minimum atomic E-state index is -0.541. The normalized spacial score (nSPS) is 11.8. The van der Waals surface area contributed by atoms with Crippen LogP contribution in [0.1, 0.15) is 24.5 Å². The van der Waals surface area contributed by atoms with E-state index < -0.39 is 6.10 Å². The van der Waals surface area contributed by atoms with Crippen molar-refractivity contribution < 1.29 is 9.53 Å². The largest absolute Gasteiger partial charge is 0.481 e. The lowest BCUT2D eigenvalue weighted by Gasteiger charge is -2.18. The maximum absolute atomic E-state index is 12.4. The third kappa shape index (κ3) is 4.01. The molecule has 0 saturated carbocycles. The van der Waals surface area contributed by atoms with Crippen LogP contribution in [0, 0.1) is 13.8 Å². The van der Waals surface area contributed by atoms with E-state index in [1.807, 2.05) is 57.2 Å². The Labute approximate surface area is 136 Å². The molecule has 4 heteroatoms. The van der Waals surface area contributed by atoms with E-state index in [1.54, 1.807) is 6.07 Å². The molecule has 0 fully saturated rings. The molecule has 2 rings (SSSR count). The number of carbonyl (C=O) groups is 1. The molecule has 1 N–H and O–H groups in total. The molecule has 0 aromatic heterocycles. The van der Waals surface area contributed by atoms with Crippen LogP contribution in [-0.2, 0) is 4.79 Å². The Kier molecular flexibility index (Phi) is 5.45. The Morgan fingerprint density at radius 3 is 2.50 bits per heavy atom. The third-order valence-corrected chi connectivity index (χ3v) is 3.90. The van der Waals surface area contributed by atoms with Crippen molar-refractivity contribution in [3.8, 4) is 5.75 Å². The number of hydrogen-bond acceptors (Lipinski definition) is 2. The smallest absolute Gasteiger partial charge is 0.265 e. The minimum absolute atomic E-state index is 0.173. The van der Waals surface area contributed by atoms with Gasteiger partial charge >= 0.3 is 0 Å². The molecule has 0 spiro atoms. The first-order chi connectivity index (χ1) is 10.5. The summed E-state index contributed by atoms with van der Waals surface area (Å²) in [6.45, 7) is 5.80. The Hall–Kier alpha value is -2.00. The zero-order chi connectivity index (χ0) is 16.1. The number of carbonyl (C=O) groups excluding carboxylic acids is 1. The van der Waals surface area contributed by atoms with Gasteiger partial charge in [0, 0.05) is 10.7 Å². The molecule has 0 radical (unpaired) electrons. The lowest BCUT2D eigenvalue weighted by atomic mass is 10.2. The number of ether oxygens (including phenoxy) is 1. The summed E-state index contributed by atoms with van der Waals surface area (Å²) >= 11 is 6.07. The summed E-state index contributed by atoms with van der Waals surface area (Å²) in [5, 5.41) is 3.52. The van der Waals surface area contributed by atoms with Crippen LogP contribution >= 0.6 is 11.6 Å². The average Bonchev–Trinajstić information content (AvgIpc) is 2.51. The van der Waals surface area contributed by atoms with Gasteiger partial charge in [-0.05, 0) is 50.1 Å². The summed E-state index contributed by atoms with van der Waals surface area (Å²) in [5.41, 5.74) is 2.71. The molecule has 0 aliphatic heterocycles. The third-order valence-electron chi connectivity index (χ3n) is 3.49. The van der Waals surface area contributed by atoms with Crippen molar-refractivity contribution in [2.45, 2.75) is 33.3 Å². The number of rotatable bonds is 5. The molecule has 2 aromatic carbocycles. The van der Waals surface area contributed by atoms with E-state index >= 15 is 0 Å². The summed E-state index contributed by atoms with van der Waals surface area (Å²) in [6, 6.07) is 13.1. The van der Waals surface area contributed by atoms with E-state index in [0.29, 0.717) is 22.9 Å². The molecule has 0 saturated heterocycles. The standard InChI is InChI=1S/C18H20ClNO2/c1-4-17(22-14-10-8-12(2)9-11-14)18(21)20-16-7-5-6-15(19)13(16)3/h5-11,17H,4H2,1-3H3,(H,20,21)/t17-/m0/s1. The van der Waals surface area contributed by atoms with Gasteiger partial charge in [-0.15, -0.1) is 0 Å². The highest BCUT2D eigenvalue weighted by Gasteiger charge is 2.19. The summed E-state index contributed by atoms with van der Waals surface area (Å²) in [4.78, 5) is 12.4. The number of nitrogens with one attached hydrogen (secondary N) is 1. The fourth-order valence-corrected chi connectivity index (χ4v) is 2.23. The van der Waals surface area contributed by atoms with Crippen LogP contribution in [0.2, 0.25) is 5.02 Å². The molecule has 0 bridgehead atoms. The monoisotopic (exact) mass is 317 g/mol. The topological polar surface area (TPSA) is 38.3 Å². The van der Waals surface area contributed by atoms with Gasteiger partial charge in [0.2, 0.25) is 0 Å². The van der Waals surface area contributed by atoms with Crippen LogP contribution in [0.5, 0.6) is 5.75 Å². The van der Waals surface area contributed by atoms with Crippen molar-refractivity contribution in [2.75, 3.05) is 5.32 Å². The van der Waals surface area contributed by atoms with Gasteiger partial charge in [-0.3, -0.25) is 4.79 Å². The average molecular weight is 318 g/mol. The molecule has 1 amide bonds. The molecule has 0 aliphatic rings. The number of aryl methyl sites for hydroxylation is 1. The van der Waals surface area contributed by atoms with Gasteiger partial charge in [-0.2, -0.15) is 0 Å². The molecule has 1 atom stereocenters. The first kappa shape index (κ1) is 16.4. The van der Waals surface area contributed by atoms with Gasteiger partial charge in [0.15, 0.2) is 6.10 Å². The number of halogens is 1. The quantitative estimate of drug-likeness (QED) is 0.864. The number of amides is 1. The van der Waals surface area contributed by atoms with E-state index in [2.05, 4.69) is 5.32 Å². The number of anilines is 1. The van der Waals surface area contributed by atoms with Gasteiger partial charge in [0.1, 0.15) is 5.75 Å². The second-order valence-corrected chi connectivity index (χ2v) is 5.64. The van der Waals surface area contributed by atoms with E-state index in [0.717, 1.165) is 11.1 Å². The van der Waals surface area contributed by atoms with Crippen molar-refractivity contribution in [1.29, 1.82) is 0 Å². The highest BCUT2D eigenvalue weighted by molar-refractivity contribution is 6.31. The SMILES string of the molecule is CC[C@H](Oc1ccc(C)cc1)C(=O)Nc1cccc(Cl)c1C. The van der Waals surface area contributed by atoms with Crippen molar-refractivity contribution in [1.82, 2.24) is 0 Å². The van der Waals surface area contributed by atoms with E-state index in [9.17, 15) is 4.79 Å². The van der Waals surface area contributed by atoms with Gasteiger partial charge in [-0.1, -0.05) is 42.3 Å². The van der Waals surface area contributed by atoms with Crippen LogP contribution in [-0.4, -0.2) is 12.0 Å². The minimum Gasteiger partial charge on any atom is -0.481 e. The number of benzene rings is 2. The zero-order valence-electron chi connectivity index (χ0n) is 13.0. The van der Waals surface area contributed by atoms with Crippen molar-refractivity contribution in [3.05, 3.63) is 58.6 Å². The zero-order valence-corrected chi connectivity index (χ0v) is 13.8. The molecular weight excluding hydrogens is 298 g/mol. The van der Waals surface area contributed by atoms with E-state index in [-0.39, 0.29) is 5.91 Å². The lowest BCUT2D eigenvalue weighted by Crippen LogP contribution is -2.32. The Morgan fingerprint density at radius 1 is 1.18 bits per heavy atom. The summed E-state index contributed by atoms with van der Waals surface area (Å²) in [7, 11) is 0. The summed E-state index contributed by atoms with van der Waals surface area (Å²) < 4.78 is 5.78. The van der Waals surface area contributed by atoms with Crippen LogP contribution in [0.4, 0.5) is 5.69 Å². The van der Waals surface area contributed by atoms with E-state index in [1.165, 1.54) is 0 Å². The maximum atomic E-state index is 12.4. The molecule has 22 heavy (non-hydrogen) atoms. The lowest BCUT2D eigenvalue weighted by molar-refractivity contribution is -0.122. The fraction of sp³-hybridized carbons (Fsp3) is 0.278. The fourth-order valence-electron chi connectivity index (χ4n) is 2.06. The highest BCUT2D eigenvalue weighted by Crippen LogP contribution is 2.23. The van der Waals surface area contributed by atoms with Crippen LogP contribution < -0.4 is 10.1 Å². The van der Waals surface area contributed by atoms with Crippen LogP contribution in [0.3, 0.4) is 0 Å². The van der Waals surface area contributed by atoms with E-state index in [4.69, 9.17) is 16.3 Å². The number of hydrogen-bond donors (Lipinski definition) is 1. The summed E-state index contributed by atoms with van der Waals surface area (Å²) in [6.07, 6.45) is 0.0420. The Balaban J connectivity index is 2.08. The first-order valence-electron chi connectivity index (χ1n) is 7.30.